The Labute approximate surface area is 200 Å². The van der Waals surface area contributed by atoms with Gasteiger partial charge in [0.1, 0.15) is 0 Å². The number of rotatable bonds is 7. The number of carbonyl (C=O) groups excluding carboxylic acids is 2. The Kier molecular flexibility index (Phi) is 9.41. The molecule has 0 aliphatic carbocycles. The van der Waals surface area contributed by atoms with Gasteiger partial charge in [0.25, 0.3) is 0 Å². The van der Waals surface area contributed by atoms with Crippen LogP contribution in [-0.4, -0.2) is 83.5 Å². The zero-order valence-electron chi connectivity index (χ0n) is 18.7. The molecular formula is C24H33Cl2N3O3. The van der Waals surface area contributed by atoms with Crippen molar-refractivity contribution in [3.8, 4) is 0 Å². The van der Waals surface area contributed by atoms with E-state index < -0.39 is 0 Å². The van der Waals surface area contributed by atoms with Crippen LogP contribution >= 0.6 is 23.2 Å². The molecule has 2 saturated heterocycles. The maximum Gasteiger partial charge on any atom is 0.246 e. The van der Waals surface area contributed by atoms with Gasteiger partial charge in [0.2, 0.25) is 11.8 Å². The molecule has 1 aromatic rings. The highest BCUT2D eigenvalue weighted by Crippen LogP contribution is 2.23. The van der Waals surface area contributed by atoms with Crippen molar-refractivity contribution in [3.05, 3.63) is 39.9 Å². The Morgan fingerprint density at radius 2 is 1.91 bits per heavy atom. The third-order valence-corrected chi connectivity index (χ3v) is 7.10. The molecule has 176 valence electrons. The standard InChI is InChI=1S/C24H33Cl2N3O3/c1-18-17-27(12-8-22(18)30)10-2-3-11-28-14-15-29(13-9-24(28)32)23(31)7-5-19-4-6-20(25)21(26)16-19/h4-7,16,18,22,30H,2-3,8-15,17H2,1H3/t18-,22-/m0/s1. The minimum atomic E-state index is -0.175. The number of halogens is 2. The van der Waals surface area contributed by atoms with Crippen LogP contribution < -0.4 is 0 Å². The van der Waals surface area contributed by atoms with Crippen molar-refractivity contribution in [2.75, 3.05) is 45.8 Å². The smallest absolute Gasteiger partial charge is 0.246 e. The average Bonchev–Trinajstić information content (AvgIpc) is 2.96. The first kappa shape index (κ1) is 25.0. The third-order valence-electron chi connectivity index (χ3n) is 6.36. The number of hydrogen-bond acceptors (Lipinski definition) is 4. The lowest BCUT2D eigenvalue weighted by atomic mass is 9.96. The summed E-state index contributed by atoms with van der Waals surface area (Å²) in [7, 11) is 0. The summed E-state index contributed by atoms with van der Waals surface area (Å²) in [4.78, 5) is 31.1. The van der Waals surface area contributed by atoms with Crippen molar-refractivity contribution in [2.24, 2.45) is 5.92 Å². The molecule has 0 bridgehead atoms. The van der Waals surface area contributed by atoms with Crippen LogP contribution in [0.2, 0.25) is 10.0 Å². The van der Waals surface area contributed by atoms with Crippen LogP contribution in [0.25, 0.3) is 6.08 Å². The number of aliphatic hydroxyl groups excluding tert-OH is 1. The van der Waals surface area contributed by atoms with E-state index in [1.165, 1.54) is 6.08 Å². The van der Waals surface area contributed by atoms with E-state index in [1.54, 1.807) is 29.2 Å². The van der Waals surface area contributed by atoms with Gasteiger partial charge in [-0.25, -0.2) is 0 Å². The molecule has 2 atom stereocenters. The molecule has 32 heavy (non-hydrogen) atoms. The van der Waals surface area contributed by atoms with Crippen molar-refractivity contribution in [2.45, 2.75) is 38.7 Å². The molecule has 2 amide bonds. The van der Waals surface area contributed by atoms with E-state index in [1.807, 2.05) is 4.90 Å². The maximum atomic E-state index is 12.6. The lowest BCUT2D eigenvalue weighted by Gasteiger charge is -2.34. The Balaban J connectivity index is 1.41. The molecule has 8 heteroatoms. The molecule has 0 saturated carbocycles. The fraction of sp³-hybridized carbons (Fsp3) is 0.583. The van der Waals surface area contributed by atoms with Gasteiger partial charge in [-0.2, -0.15) is 0 Å². The number of hydrogen-bond donors (Lipinski definition) is 1. The maximum absolute atomic E-state index is 12.6. The van der Waals surface area contributed by atoms with Crippen LogP contribution in [0.4, 0.5) is 0 Å². The largest absolute Gasteiger partial charge is 0.393 e. The minimum absolute atomic E-state index is 0.105. The highest BCUT2D eigenvalue weighted by molar-refractivity contribution is 6.42. The number of benzene rings is 1. The fourth-order valence-corrected chi connectivity index (χ4v) is 4.58. The normalized spacial score (nSPS) is 23.1. The number of carbonyl (C=O) groups is 2. The van der Waals surface area contributed by atoms with Crippen molar-refractivity contribution < 1.29 is 14.7 Å². The molecule has 2 heterocycles. The summed E-state index contributed by atoms with van der Waals surface area (Å²) < 4.78 is 0. The van der Waals surface area contributed by atoms with Crippen LogP contribution in [0.5, 0.6) is 0 Å². The van der Waals surface area contributed by atoms with Crippen molar-refractivity contribution >= 4 is 41.1 Å². The minimum Gasteiger partial charge on any atom is -0.393 e. The Bertz CT molecular complexity index is 833. The van der Waals surface area contributed by atoms with E-state index >= 15 is 0 Å². The SMILES string of the molecule is C[C@H]1CN(CCCCN2CCN(C(=O)C=Cc3ccc(Cl)c(Cl)c3)CCC2=O)CC[C@@H]1O. The fourth-order valence-electron chi connectivity index (χ4n) is 4.27. The second-order valence-corrected chi connectivity index (χ2v) is 9.62. The van der Waals surface area contributed by atoms with E-state index in [9.17, 15) is 14.7 Å². The molecule has 0 radical (unpaired) electrons. The van der Waals surface area contributed by atoms with Gasteiger partial charge >= 0.3 is 0 Å². The molecule has 6 nitrogen and oxygen atoms in total. The topological polar surface area (TPSA) is 64.1 Å². The molecule has 0 aromatic heterocycles. The lowest BCUT2D eigenvalue weighted by Crippen LogP contribution is -2.42. The quantitative estimate of drug-likeness (QED) is 0.477. The molecule has 2 aliphatic heterocycles. The average molecular weight is 482 g/mol. The van der Waals surface area contributed by atoms with Crippen LogP contribution in [0, 0.1) is 5.92 Å². The number of nitrogens with zero attached hydrogens (tertiary/aromatic N) is 3. The summed E-state index contributed by atoms with van der Waals surface area (Å²) in [5, 5.41) is 10.8. The van der Waals surface area contributed by atoms with Crippen molar-refractivity contribution in [1.82, 2.24) is 14.7 Å². The summed E-state index contributed by atoms with van der Waals surface area (Å²) in [6.45, 7) is 7.26. The van der Waals surface area contributed by atoms with E-state index in [0.717, 1.165) is 51.0 Å². The van der Waals surface area contributed by atoms with Gasteiger partial charge in [-0.1, -0.05) is 36.2 Å². The first-order valence-corrected chi connectivity index (χ1v) is 12.2. The summed E-state index contributed by atoms with van der Waals surface area (Å²) in [6.07, 6.45) is 6.24. The highest BCUT2D eigenvalue weighted by atomic mass is 35.5. The number of aliphatic hydroxyl groups is 1. The van der Waals surface area contributed by atoms with Crippen LogP contribution in [-0.2, 0) is 9.59 Å². The zero-order valence-corrected chi connectivity index (χ0v) is 20.2. The van der Waals surface area contributed by atoms with E-state index in [-0.39, 0.29) is 17.9 Å². The Morgan fingerprint density at radius 1 is 1.12 bits per heavy atom. The van der Waals surface area contributed by atoms with Gasteiger partial charge in [0.15, 0.2) is 0 Å². The molecule has 3 rings (SSSR count). The first-order valence-electron chi connectivity index (χ1n) is 11.4. The molecule has 1 N–H and O–H groups in total. The zero-order chi connectivity index (χ0) is 23.1. The van der Waals surface area contributed by atoms with Crippen LogP contribution in [0.3, 0.4) is 0 Å². The van der Waals surface area contributed by atoms with E-state index in [0.29, 0.717) is 42.0 Å². The van der Waals surface area contributed by atoms with Crippen molar-refractivity contribution in [1.29, 1.82) is 0 Å². The van der Waals surface area contributed by atoms with Gasteiger partial charge in [-0.05, 0) is 55.5 Å². The second kappa shape index (κ2) is 12.0. The predicted octanol–water partition coefficient (Wildman–Crippen LogP) is 3.55. The summed E-state index contributed by atoms with van der Waals surface area (Å²) in [5.74, 6) is 0.334. The summed E-state index contributed by atoms with van der Waals surface area (Å²) in [6, 6.07) is 5.22. The van der Waals surface area contributed by atoms with Gasteiger partial charge in [0, 0.05) is 51.8 Å². The first-order chi connectivity index (χ1) is 15.3. The van der Waals surface area contributed by atoms with Crippen LogP contribution in [0.15, 0.2) is 24.3 Å². The highest BCUT2D eigenvalue weighted by Gasteiger charge is 2.24. The van der Waals surface area contributed by atoms with Gasteiger partial charge < -0.3 is 19.8 Å². The number of likely N-dealkylation sites (tertiary alicyclic amines) is 1. The lowest BCUT2D eigenvalue weighted by molar-refractivity contribution is -0.130. The summed E-state index contributed by atoms with van der Waals surface area (Å²) >= 11 is 12.0. The van der Waals surface area contributed by atoms with Crippen LogP contribution in [0.1, 0.15) is 38.2 Å². The van der Waals surface area contributed by atoms with Crippen molar-refractivity contribution in [3.63, 3.8) is 0 Å². The molecule has 0 unspecified atom stereocenters. The molecule has 2 aliphatic rings. The second-order valence-electron chi connectivity index (χ2n) is 8.80. The number of unbranched alkanes of at least 4 members (excludes halogenated alkanes) is 1. The molecule has 2 fully saturated rings. The van der Waals surface area contributed by atoms with E-state index in [4.69, 9.17) is 23.2 Å². The van der Waals surface area contributed by atoms with E-state index in [2.05, 4.69) is 11.8 Å². The molecule has 1 aromatic carbocycles. The molecule has 0 spiro atoms. The number of piperidine rings is 1. The molecular weight excluding hydrogens is 449 g/mol. The Morgan fingerprint density at radius 3 is 2.66 bits per heavy atom. The predicted molar refractivity (Wildman–Crippen MR) is 129 cm³/mol. The summed E-state index contributed by atoms with van der Waals surface area (Å²) in [5.41, 5.74) is 0.804. The monoisotopic (exact) mass is 481 g/mol. The van der Waals surface area contributed by atoms with Gasteiger partial charge in [-0.15, -0.1) is 0 Å². The Hall–Kier alpha value is -1.60. The third kappa shape index (κ3) is 7.20. The van der Waals surface area contributed by atoms with Gasteiger partial charge in [0.05, 0.1) is 16.1 Å². The number of amides is 2. The van der Waals surface area contributed by atoms with Gasteiger partial charge in [-0.3, -0.25) is 9.59 Å².